The quantitative estimate of drug-likeness (QED) is 0.558. The van der Waals surface area contributed by atoms with Gasteiger partial charge >= 0.3 is 6.03 Å². The molecule has 2 aliphatic rings. The maximum Gasteiger partial charge on any atom is 0.332 e. The lowest BCUT2D eigenvalue weighted by Crippen LogP contribution is -2.61. The zero-order chi connectivity index (χ0) is 23.1. The van der Waals surface area contributed by atoms with Gasteiger partial charge in [0.25, 0.3) is 5.91 Å². The fourth-order valence-electron chi connectivity index (χ4n) is 3.96. The summed E-state index contributed by atoms with van der Waals surface area (Å²) in [6.45, 7) is 4.17. The van der Waals surface area contributed by atoms with Crippen LogP contribution in [0.5, 0.6) is 5.75 Å². The van der Waals surface area contributed by atoms with Crippen LogP contribution in [0.25, 0.3) is 11.4 Å². The fourth-order valence-corrected chi connectivity index (χ4v) is 5.01. The Morgan fingerprint density at radius 3 is 2.76 bits per heavy atom. The summed E-state index contributed by atoms with van der Waals surface area (Å²) in [5, 5.41) is 5.53. The molecule has 2 aromatic carbocycles. The van der Waals surface area contributed by atoms with Crippen LogP contribution < -0.4 is 9.64 Å². The number of carbonyl (C=O) groups excluding carboxylic acids is 2. The molecule has 8 nitrogen and oxygen atoms in total. The number of hydrogen-bond donors (Lipinski definition) is 0. The number of benzene rings is 2. The first kappa shape index (κ1) is 21.3. The van der Waals surface area contributed by atoms with Crippen LogP contribution >= 0.6 is 11.8 Å². The van der Waals surface area contributed by atoms with Crippen molar-refractivity contribution in [2.24, 2.45) is 0 Å². The Balaban J connectivity index is 1.45. The lowest BCUT2D eigenvalue weighted by molar-refractivity contribution is -0.119. The van der Waals surface area contributed by atoms with Crippen LogP contribution in [-0.2, 0) is 11.3 Å². The zero-order valence-corrected chi connectivity index (χ0v) is 19.2. The number of hydrogen-bond acceptors (Lipinski definition) is 7. The minimum atomic E-state index is -0.437. The predicted molar refractivity (Wildman–Crippen MR) is 125 cm³/mol. The Kier molecular flexibility index (Phi) is 5.41. The first-order valence-electron chi connectivity index (χ1n) is 10.5. The van der Waals surface area contributed by atoms with Gasteiger partial charge in [0.05, 0.1) is 18.8 Å². The number of thioether (sulfide) groups is 1. The first-order chi connectivity index (χ1) is 16.0. The standard InChI is InChI=1S/C24H22N4O4S/c1-14-7-8-16(11-15(14)2)22-25-20(32-26-22)13-27-19-9-10-33-21(19)23(29)28(24(27)30)17-5-4-6-18(12-17)31-3/h4-12,19,21H,13H2,1-3H3. The van der Waals surface area contributed by atoms with Crippen LogP contribution in [0.3, 0.4) is 0 Å². The number of ether oxygens (including phenoxy) is 1. The van der Waals surface area contributed by atoms with E-state index >= 15 is 0 Å². The van der Waals surface area contributed by atoms with Crippen molar-refractivity contribution >= 4 is 29.4 Å². The van der Waals surface area contributed by atoms with Crippen molar-refractivity contribution in [1.82, 2.24) is 15.0 Å². The first-order valence-corrected chi connectivity index (χ1v) is 11.4. The average Bonchev–Trinajstić information content (AvgIpc) is 3.49. The monoisotopic (exact) mass is 462 g/mol. The molecule has 33 heavy (non-hydrogen) atoms. The maximum absolute atomic E-state index is 13.5. The van der Waals surface area contributed by atoms with E-state index in [0.29, 0.717) is 23.2 Å². The Labute approximate surface area is 195 Å². The molecule has 3 aromatic rings. The van der Waals surface area contributed by atoms with Crippen molar-refractivity contribution in [2.75, 3.05) is 12.0 Å². The summed E-state index contributed by atoms with van der Waals surface area (Å²) < 4.78 is 10.8. The Hall–Kier alpha value is -3.59. The van der Waals surface area contributed by atoms with Gasteiger partial charge < -0.3 is 14.2 Å². The lowest BCUT2D eigenvalue weighted by atomic mass is 10.1. The molecule has 1 fully saturated rings. The molecule has 2 atom stereocenters. The van der Waals surface area contributed by atoms with Crippen molar-refractivity contribution in [3.8, 4) is 17.1 Å². The van der Waals surface area contributed by atoms with Crippen molar-refractivity contribution in [2.45, 2.75) is 31.7 Å². The Morgan fingerprint density at radius 2 is 1.97 bits per heavy atom. The molecule has 0 saturated carbocycles. The van der Waals surface area contributed by atoms with Gasteiger partial charge in [-0.05, 0) is 48.6 Å². The summed E-state index contributed by atoms with van der Waals surface area (Å²) in [6.07, 6.45) is 1.87. The van der Waals surface area contributed by atoms with E-state index in [4.69, 9.17) is 9.26 Å². The molecule has 3 heterocycles. The van der Waals surface area contributed by atoms with E-state index in [9.17, 15) is 9.59 Å². The van der Waals surface area contributed by atoms with Gasteiger partial charge in [0.2, 0.25) is 11.7 Å². The van der Waals surface area contributed by atoms with Gasteiger partial charge in [0.15, 0.2) is 0 Å². The topological polar surface area (TPSA) is 88.8 Å². The van der Waals surface area contributed by atoms with Crippen LogP contribution in [-0.4, -0.2) is 45.4 Å². The number of fused-ring (bicyclic) bond motifs is 1. The maximum atomic E-state index is 13.5. The number of aryl methyl sites for hydroxylation is 2. The number of carbonyl (C=O) groups is 2. The highest BCUT2D eigenvalue weighted by atomic mass is 32.2. The number of rotatable bonds is 5. The molecule has 2 aliphatic heterocycles. The number of nitrogens with zero attached hydrogens (tertiary/aromatic N) is 4. The Bertz CT molecular complexity index is 1270. The molecule has 0 spiro atoms. The van der Waals surface area contributed by atoms with E-state index in [2.05, 4.69) is 10.1 Å². The summed E-state index contributed by atoms with van der Waals surface area (Å²) in [4.78, 5) is 34.0. The molecule has 0 aliphatic carbocycles. The SMILES string of the molecule is COc1cccc(N2C(=O)C3SC=CC3N(Cc3nc(-c4ccc(C)c(C)c4)no3)C2=O)c1. The number of methoxy groups -OCH3 is 1. The van der Waals surface area contributed by atoms with Gasteiger partial charge in [0, 0.05) is 11.6 Å². The molecular weight excluding hydrogens is 440 g/mol. The largest absolute Gasteiger partial charge is 0.497 e. The van der Waals surface area contributed by atoms with Gasteiger partial charge in [-0.15, -0.1) is 11.8 Å². The van der Waals surface area contributed by atoms with E-state index in [1.54, 1.807) is 36.3 Å². The Morgan fingerprint density at radius 1 is 1.12 bits per heavy atom. The summed E-state index contributed by atoms with van der Waals surface area (Å²) >= 11 is 1.40. The van der Waals surface area contributed by atoms with E-state index < -0.39 is 11.3 Å². The molecule has 3 amide bonds. The summed E-state index contributed by atoms with van der Waals surface area (Å²) in [5.41, 5.74) is 3.62. The molecule has 1 saturated heterocycles. The highest BCUT2D eigenvalue weighted by molar-refractivity contribution is 8.03. The molecular formula is C24H22N4O4S. The van der Waals surface area contributed by atoms with Gasteiger partial charge in [-0.1, -0.05) is 29.4 Å². The second-order valence-electron chi connectivity index (χ2n) is 7.97. The third-order valence-corrected chi connectivity index (χ3v) is 7.01. The molecule has 168 valence electrons. The van der Waals surface area contributed by atoms with E-state index in [1.165, 1.54) is 22.2 Å². The number of aromatic nitrogens is 2. The van der Waals surface area contributed by atoms with Crippen LogP contribution in [0.2, 0.25) is 0 Å². The molecule has 0 bridgehead atoms. The number of urea groups is 1. The molecule has 5 rings (SSSR count). The van der Waals surface area contributed by atoms with Gasteiger partial charge in [-0.2, -0.15) is 4.98 Å². The third kappa shape index (κ3) is 3.78. The third-order valence-electron chi connectivity index (χ3n) is 5.92. The minimum Gasteiger partial charge on any atom is -0.497 e. The van der Waals surface area contributed by atoms with Crippen LogP contribution in [0, 0.1) is 13.8 Å². The smallest absolute Gasteiger partial charge is 0.332 e. The van der Waals surface area contributed by atoms with Gasteiger partial charge in [-0.3, -0.25) is 4.79 Å². The van der Waals surface area contributed by atoms with Crippen LogP contribution in [0.15, 0.2) is 58.5 Å². The van der Waals surface area contributed by atoms with Gasteiger partial charge in [0.1, 0.15) is 17.5 Å². The number of anilines is 1. The zero-order valence-electron chi connectivity index (χ0n) is 18.4. The van der Waals surface area contributed by atoms with Crippen molar-refractivity contribution < 1.29 is 18.8 Å². The van der Waals surface area contributed by atoms with Gasteiger partial charge in [-0.25, -0.2) is 9.69 Å². The lowest BCUT2D eigenvalue weighted by Gasteiger charge is -2.40. The summed E-state index contributed by atoms with van der Waals surface area (Å²) in [5.74, 6) is 1.08. The van der Waals surface area contributed by atoms with Crippen molar-refractivity contribution in [1.29, 1.82) is 0 Å². The highest BCUT2D eigenvalue weighted by Gasteiger charge is 2.48. The second-order valence-corrected chi connectivity index (χ2v) is 9.02. The molecule has 0 N–H and O–H groups in total. The number of imide groups is 1. The number of amides is 3. The normalized spacial score (nSPS) is 19.8. The van der Waals surface area contributed by atoms with E-state index in [0.717, 1.165) is 11.1 Å². The van der Waals surface area contributed by atoms with Crippen LogP contribution in [0.4, 0.5) is 10.5 Å². The summed E-state index contributed by atoms with van der Waals surface area (Å²) in [6, 6.07) is 12.0. The van der Waals surface area contributed by atoms with Crippen molar-refractivity contribution in [3.05, 3.63) is 71.0 Å². The average molecular weight is 463 g/mol. The molecule has 9 heteroatoms. The van der Waals surface area contributed by atoms with E-state index in [-0.39, 0.29) is 18.5 Å². The highest BCUT2D eigenvalue weighted by Crippen LogP contribution is 2.37. The predicted octanol–water partition coefficient (Wildman–Crippen LogP) is 4.33. The second kappa shape index (κ2) is 8.40. The minimum absolute atomic E-state index is 0.0937. The summed E-state index contributed by atoms with van der Waals surface area (Å²) in [7, 11) is 1.54. The molecule has 1 aromatic heterocycles. The molecule has 2 unspecified atom stereocenters. The van der Waals surface area contributed by atoms with E-state index in [1.807, 2.05) is 43.5 Å². The van der Waals surface area contributed by atoms with Crippen molar-refractivity contribution in [3.63, 3.8) is 0 Å². The van der Waals surface area contributed by atoms with Crippen LogP contribution in [0.1, 0.15) is 17.0 Å². The fraction of sp³-hybridized carbons (Fsp3) is 0.250. The molecule has 0 radical (unpaired) electrons.